The lowest BCUT2D eigenvalue weighted by Crippen LogP contribution is -2.49. The molecule has 0 bridgehead atoms. The molecule has 0 fully saturated rings. The number of fused-ring (bicyclic) bond motifs is 1. The summed E-state index contributed by atoms with van der Waals surface area (Å²) in [6.07, 6.45) is 1.95. The summed E-state index contributed by atoms with van der Waals surface area (Å²) in [7, 11) is 0. The van der Waals surface area contributed by atoms with E-state index in [-0.39, 0.29) is 30.8 Å². The molecule has 2 aromatic carbocycles. The van der Waals surface area contributed by atoms with Crippen LogP contribution in [0.2, 0.25) is 0 Å². The molecule has 0 unspecified atom stereocenters. The molecular formula is C22H22N6O4. The average Bonchev–Trinajstić information content (AvgIpc) is 3.20. The maximum Gasteiger partial charge on any atom is 0.325 e. The maximum absolute atomic E-state index is 12.9. The van der Waals surface area contributed by atoms with Crippen LogP contribution in [0.1, 0.15) is 22.8 Å². The molecule has 3 rings (SSSR count). The molecule has 10 nitrogen and oxygen atoms in total. The van der Waals surface area contributed by atoms with Crippen LogP contribution >= 0.6 is 0 Å². The fraction of sp³-hybridized carbons (Fsp3) is 0.227. The predicted molar refractivity (Wildman–Crippen MR) is 118 cm³/mol. The van der Waals surface area contributed by atoms with Gasteiger partial charge in [-0.3, -0.25) is 14.4 Å². The van der Waals surface area contributed by atoms with Gasteiger partial charge >= 0.3 is 5.97 Å². The van der Waals surface area contributed by atoms with E-state index in [9.17, 15) is 14.4 Å². The van der Waals surface area contributed by atoms with E-state index in [0.717, 1.165) is 16.5 Å². The Morgan fingerprint density at radius 3 is 2.69 bits per heavy atom. The number of nitrogens with one attached hydrogen (secondary N) is 3. The number of aromatic nitrogens is 1. The SMILES string of the molecule is CCOC(=O)CNC(=O)[C@@H](Cc1c[nH]c2ccccc12)NC(=O)c1ccccc1N=[N+]=[N-]. The lowest BCUT2D eigenvalue weighted by molar-refractivity contribution is -0.143. The van der Waals surface area contributed by atoms with Crippen molar-refractivity contribution in [3.05, 3.63) is 76.3 Å². The lowest BCUT2D eigenvalue weighted by atomic mass is 10.0. The zero-order valence-corrected chi connectivity index (χ0v) is 17.4. The van der Waals surface area contributed by atoms with Gasteiger partial charge in [0.15, 0.2) is 0 Å². The number of carbonyl (C=O) groups is 3. The van der Waals surface area contributed by atoms with Crippen molar-refractivity contribution in [1.82, 2.24) is 15.6 Å². The molecule has 0 aliphatic heterocycles. The van der Waals surface area contributed by atoms with E-state index in [1.165, 1.54) is 12.1 Å². The van der Waals surface area contributed by atoms with Gasteiger partial charge in [-0.2, -0.15) is 0 Å². The van der Waals surface area contributed by atoms with Crippen LogP contribution in [0.4, 0.5) is 5.69 Å². The first-order valence-corrected chi connectivity index (χ1v) is 9.96. The van der Waals surface area contributed by atoms with E-state index in [4.69, 9.17) is 10.3 Å². The molecule has 10 heteroatoms. The monoisotopic (exact) mass is 434 g/mol. The highest BCUT2D eigenvalue weighted by Crippen LogP contribution is 2.21. The Kier molecular flexibility index (Phi) is 7.45. The van der Waals surface area contributed by atoms with Crippen LogP contribution in [-0.4, -0.2) is 42.0 Å². The number of rotatable bonds is 9. The third-order valence-corrected chi connectivity index (χ3v) is 4.73. The van der Waals surface area contributed by atoms with Gasteiger partial charge in [0.25, 0.3) is 5.91 Å². The van der Waals surface area contributed by atoms with Gasteiger partial charge in [0, 0.05) is 34.0 Å². The van der Waals surface area contributed by atoms with Crippen molar-refractivity contribution in [3.8, 4) is 0 Å². The fourth-order valence-electron chi connectivity index (χ4n) is 3.26. The van der Waals surface area contributed by atoms with Crippen LogP contribution in [-0.2, 0) is 20.7 Å². The van der Waals surface area contributed by atoms with Gasteiger partial charge in [0.05, 0.1) is 12.3 Å². The smallest absolute Gasteiger partial charge is 0.325 e. The Morgan fingerprint density at radius 2 is 1.91 bits per heavy atom. The molecule has 3 N–H and O–H groups in total. The number of hydrogen-bond acceptors (Lipinski definition) is 5. The number of esters is 1. The minimum absolute atomic E-state index is 0.132. The van der Waals surface area contributed by atoms with Gasteiger partial charge in [0.1, 0.15) is 12.6 Å². The highest BCUT2D eigenvalue weighted by Gasteiger charge is 2.24. The number of para-hydroxylation sites is 1. The third-order valence-electron chi connectivity index (χ3n) is 4.73. The number of azide groups is 1. The highest BCUT2D eigenvalue weighted by atomic mass is 16.5. The number of H-pyrrole nitrogens is 1. The zero-order chi connectivity index (χ0) is 22.9. The Hall–Kier alpha value is -4.30. The molecule has 0 spiro atoms. The molecule has 0 aliphatic rings. The summed E-state index contributed by atoms with van der Waals surface area (Å²) in [5, 5.41) is 9.64. The minimum Gasteiger partial charge on any atom is -0.465 e. The summed E-state index contributed by atoms with van der Waals surface area (Å²) >= 11 is 0. The minimum atomic E-state index is -0.991. The van der Waals surface area contributed by atoms with Crippen LogP contribution in [0.3, 0.4) is 0 Å². The second-order valence-corrected chi connectivity index (χ2v) is 6.82. The van der Waals surface area contributed by atoms with Crippen molar-refractivity contribution in [2.24, 2.45) is 5.11 Å². The Balaban J connectivity index is 1.84. The molecule has 0 aliphatic carbocycles. The standard InChI is InChI=1S/C22H22N6O4/c1-2-32-20(29)13-25-22(31)19(11-14-12-24-17-9-5-3-7-15(14)17)26-21(30)16-8-4-6-10-18(16)27-28-23/h3-10,12,19,24H,2,11,13H2,1H3,(H,25,31)(H,26,30)/t19-/m1/s1. The van der Waals surface area contributed by atoms with E-state index in [1.54, 1.807) is 25.3 Å². The molecule has 0 radical (unpaired) electrons. The number of carbonyl (C=O) groups excluding carboxylic acids is 3. The molecule has 0 saturated carbocycles. The molecular weight excluding hydrogens is 412 g/mol. The molecule has 2 amide bonds. The van der Waals surface area contributed by atoms with Crippen LogP contribution in [0, 0.1) is 0 Å². The van der Waals surface area contributed by atoms with Crippen molar-refractivity contribution in [1.29, 1.82) is 0 Å². The summed E-state index contributed by atoms with van der Waals surface area (Å²) in [5.74, 6) is -1.70. The number of hydrogen-bond donors (Lipinski definition) is 3. The van der Waals surface area contributed by atoms with Crippen LogP contribution in [0.15, 0.2) is 59.8 Å². The molecule has 1 atom stereocenters. The Bertz CT molecular complexity index is 1180. The second-order valence-electron chi connectivity index (χ2n) is 6.82. The predicted octanol–water partition coefficient (Wildman–Crippen LogP) is 3.13. The Morgan fingerprint density at radius 1 is 1.16 bits per heavy atom. The summed E-state index contributed by atoms with van der Waals surface area (Å²) in [6.45, 7) is 1.55. The number of amides is 2. The largest absolute Gasteiger partial charge is 0.465 e. The first kappa shape index (κ1) is 22.4. The van der Waals surface area contributed by atoms with Gasteiger partial charge < -0.3 is 20.4 Å². The number of nitrogens with zero attached hydrogens (tertiary/aromatic N) is 3. The van der Waals surface area contributed by atoms with Crippen molar-refractivity contribution in [2.75, 3.05) is 13.2 Å². The summed E-state index contributed by atoms with van der Waals surface area (Å²) in [4.78, 5) is 43.3. The summed E-state index contributed by atoms with van der Waals surface area (Å²) in [6, 6.07) is 12.9. The lowest BCUT2D eigenvalue weighted by Gasteiger charge is -2.19. The van der Waals surface area contributed by atoms with Gasteiger partial charge in [-0.25, -0.2) is 0 Å². The van der Waals surface area contributed by atoms with Crippen LogP contribution < -0.4 is 10.6 Å². The third kappa shape index (κ3) is 5.44. The van der Waals surface area contributed by atoms with Crippen molar-refractivity contribution in [3.63, 3.8) is 0 Å². The quantitative estimate of drug-likeness (QED) is 0.205. The van der Waals surface area contributed by atoms with Gasteiger partial charge in [-0.15, -0.1) is 0 Å². The van der Waals surface area contributed by atoms with Gasteiger partial charge in [-0.05, 0) is 30.2 Å². The molecule has 1 heterocycles. The molecule has 164 valence electrons. The normalized spacial score (nSPS) is 11.3. The maximum atomic E-state index is 12.9. The van der Waals surface area contributed by atoms with Gasteiger partial charge in [-0.1, -0.05) is 41.5 Å². The van der Waals surface area contributed by atoms with E-state index < -0.39 is 23.8 Å². The molecule has 32 heavy (non-hydrogen) atoms. The topological polar surface area (TPSA) is 149 Å². The van der Waals surface area contributed by atoms with Gasteiger partial charge in [0.2, 0.25) is 5.91 Å². The fourth-order valence-corrected chi connectivity index (χ4v) is 3.26. The van der Waals surface area contributed by atoms with E-state index in [1.807, 2.05) is 24.3 Å². The second kappa shape index (κ2) is 10.6. The summed E-state index contributed by atoms with van der Waals surface area (Å²) in [5.41, 5.74) is 10.7. The average molecular weight is 434 g/mol. The molecule has 3 aromatic rings. The van der Waals surface area contributed by atoms with Crippen LogP contribution in [0.25, 0.3) is 21.3 Å². The number of ether oxygens (including phenoxy) is 1. The molecule has 1 aromatic heterocycles. The highest BCUT2D eigenvalue weighted by molar-refractivity contribution is 6.01. The van der Waals surface area contributed by atoms with Crippen molar-refractivity contribution < 1.29 is 19.1 Å². The van der Waals surface area contributed by atoms with E-state index in [2.05, 4.69) is 25.6 Å². The van der Waals surface area contributed by atoms with E-state index >= 15 is 0 Å². The first-order chi connectivity index (χ1) is 15.5. The number of benzene rings is 2. The number of aromatic amines is 1. The zero-order valence-electron chi connectivity index (χ0n) is 17.4. The van der Waals surface area contributed by atoms with Crippen LogP contribution in [0.5, 0.6) is 0 Å². The van der Waals surface area contributed by atoms with E-state index in [0.29, 0.717) is 0 Å². The molecule has 0 saturated heterocycles. The van der Waals surface area contributed by atoms with Crippen molar-refractivity contribution >= 4 is 34.4 Å². The summed E-state index contributed by atoms with van der Waals surface area (Å²) < 4.78 is 4.84. The Labute approximate surface area is 183 Å². The first-order valence-electron chi connectivity index (χ1n) is 9.96. The van der Waals surface area contributed by atoms with Crippen molar-refractivity contribution in [2.45, 2.75) is 19.4 Å².